The van der Waals surface area contributed by atoms with Crippen molar-refractivity contribution in [1.29, 1.82) is 0 Å². The summed E-state index contributed by atoms with van der Waals surface area (Å²) in [5.41, 5.74) is 19.7. The van der Waals surface area contributed by atoms with Crippen LogP contribution < -0.4 is 9.80 Å². The molecule has 0 unspecified atom stereocenters. The van der Waals surface area contributed by atoms with Gasteiger partial charge >= 0.3 is 0 Å². The van der Waals surface area contributed by atoms with Gasteiger partial charge in [0.25, 0.3) is 0 Å². The van der Waals surface area contributed by atoms with Gasteiger partial charge in [-0.1, -0.05) is 254 Å². The third-order valence-electron chi connectivity index (χ3n) is 19.8. The smallest absolute Gasteiger partial charge is 0.0618 e. The Morgan fingerprint density at radius 3 is 0.832 bits per heavy atom. The first kappa shape index (κ1) is 54.3. The van der Waals surface area contributed by atoms with Gasteiger partial charge in [-0.15, -0.1) is 0 Å². The van der Waals surface area contributed by atoms with Gasteiger partial charge in [0.2, 0.25) is 0 Å². The summed E-state index contributed by atoms with van der Waals surface area (Å²) >= 11 is 0. The SMILES string of the molecule is Cc1ccc2c(-c3c4ccccc4c(N(c4ccccc4)c4ccc5c(c4)c4ccccc4n5-c4ccccc4)c4ccccc34)c3ccccc3c(-c3c4ccccc4c(N(c4ccccc4)c4ccc5c(c4)c4ccccc4n5-c4ccccc4)c4ccccc34)c2c1. The second-order valence-corrected chi connectivity index (χ2v) is 25.1. The Kier molecular flexibility index (Phi) is 12.5. The molecule has 19 rings (SSSR count). The van der Waals surface area contributed by atoms with E-state index in [1.807, 2.05) is 0 Å². The molecule has 0 fully saturated rings. The standard InChI is InChI=1S/C91H60N4/c1-59-50-53-74-81(56-59)89(88-72-42-18-22-46-77(72)91(78-47-23-19-43-73(78)88)93(61-30-8-3-9-31-61)65-52-55-85-80(58-65)67-37-25-27-49-83(67)95(85)63-34-12-5-13-35-63)69-39-15-14-38-68(69)86(74)87-70-40-16-20-44-75(70)90(76-45-21-17-41-71(76)87)92(60-28-6-2-7-29-60)64-51-54-84-79(57-64)66-36-24-26-48-82(66)94(84)62-32-10-4-11-33-62/h2-58H,1H3. The summed E-state index contributed by atoms with van der Waals surface area (Å²) in [6, 6.07) is 128. The third-order valence-corrected chi connectivity index (χ3v) is 19.8. The Hall–Kier alpha value is -12.5. The molecule has 17 aromatic carbocycles. The minimum Gasteiger partial charge on any atom is -0.309 e. The summed E-state index contributed by atoms with van der Waals surface area (Å²) in [7, 11) is 0. The molecule has 4 nitrogen and oxygen atoms in total. The van der Waals surface area contributed by atoms with E-state index in [4.69, 9.17) is 0 Å². The molecule has 19 aromatic rings. The van der Waals surface area contributed by atoms with Crippen molar-refractivity contribution in [3.8, 4) is 33.6 Å². The van der Waals surface area contributed by atoms with E-state index in [0.29, 0.717) is 0 Å². The van der Waals surface area contributed by atoms with Crippen LogP contribution in [0, 0.1) is 6.92 Å². The van der Waals surface area contributed by atoms with Crippen LogP contribution in [0.15, 0.2) is 346 Å². The summed E-state index contributed by atoms with van der Waals surface area (Å²) in [5, 5.41) is 19.1. The average Bonchev–Trinajstić information content (AvgIpc) is 1.62. The predicted octanol–water partition coefficient (Wildman–Crippen LogP) is 25.4. The van der Waals surface area contributed by atoms with Crippen molar-refractivity contribution in [2.75, 3.05) is 9.80 Å². The maximum atomic E-state index is 2.51. The number of fused-ring (bicyclic) bond motifs is 12. The normalized spacial score (nSPS) is 11.8. The molecule has 2 aromatic heterocycles. The number of benzene rings is 17. The second-order valence-electron chi connectivity index (χ2n) is 25.1. The van der Waals surface area contributed by atoms with Crippen LogP contribution >= 0.6 is 0 Å². The van der Waals surface area contributed by atoms with E-state index in [1.54, 1.807) is 0 Å². The Balaban J connectivity index is 0.862. The lowest BCUT2D eigenvalue weighted by molar-refractivity contribution is 1.18. The van der Waals surface area contributed by atoms with Crippen LogP contribution in [-0.4, -0.2) is 9.13 Å². The molecular formula is C91H60N4. The van der Waals surface area contributed by atoms with Gasteiger partial charge in [0.15, 0.2) is 0 Å². The fourth-order valence-corrected chi connectivity index (χ4v) is 15.9. The minimum atomic E-state index is 1.09. The summed E-state index contributed by atoms with van der Waals surface area (Å²) in [6.45, 7) is 2.25. The number of rotatable bonds is 10. The molecule has 2 heterocycles. The van der Waals surface area contributed by atoms with Crippen LogP contribution in [-0.2, 0) is 0 Å². The maximum Gasteiger partial charge on any atom is 0.0618 e. The van der Waals surface area contributed by atoms with E-state index >= 15 is 0 Å². The van der Waals surface area contributed by atoms with Gasteiger partial charge in [-0.2, -0.15) is 0 Å². The molecule has 0 saturated heterocycles. The molecule has 0 bridgehead atoms. The zero-order valence-corrected chi connectivity index (χ0v) is 52.2. The monoisotopic (exact) mass is 1210 g/mol. The van der Waals surface area contributed by atoms with Crippen molar-refractivity contribution in [3.63, 3.8) is 0 Å². The predicted molar refractivity (Wildman–Crippen MR) is 405 cm³/mol. The molecule has 0 aliphatic carbocycles. The van der Waals surface area contributed by atoms with Gasteiger partial charge in [0.1, 0.15) is 0 Å². The number of anilines is 6. The maximum absolute atomic E-state index is 2.51. The van der Waals surface area contributed by atoms with Crippen LogP contribution in [0.1, 0.15) is 5.56 Å². The van der Waals surface area contributed by atoms with Crippen LogP contribution in [0.4, 0.5) is 34.1 Å². The van der Waals surface area contributed by atoms with Crippen molar-refractivity contribution < 1.29 is 0 Å². The second kappa shape index (κ2) is 21.8. The van der Waals surface area contributed by atoms with Gasteiger partial charge in [0.05, 0.1) is 33.4 Å². The Bertz CT molecular complexity index is 6170. The number of para-hydroxylation sites is 6. The van der Waals surface area contributed by atoms with Gasteiger partial charge in [-0.3, -0.25) is 0 Å². The first-order valence-corrected chi connectivity index (χ1v) is 32.8. The lowest BCUT2D eigenvalue weighted by atomic mass is 9.80. The highest BCUT2D eigenvalue weighted by atomic mass is 15.2. The molecule has 0 atom stereocenters. The lowest BCUT2D eigenvalue weighted by Crippen LogP contribution is -2.11. The van der Waals surface area contributed by atoms with Gasteiger partial charge in [0, 0.05) is 77.2 Å². The molecule has 0 radical (unpaired) electrons. The van der Waals surface area contributed by atoms with Crippen LogP contribution in [0.2, 0.25) is 0 Å². The van der Waals surface area contributed by atoms with E-state index in [1.165, 1.54) is 136 Å². The number of aromatic nitrogens is 2. The van der Waals surface area contributed by atoms with Crippen LogP contribution in [0.5, 0.6) is 0 Å². The van der Waals surface area contributed by atoms with E-state index in [2.05, 4.69) is 372 Å². The zero-order valence-electron chi connectivity index (χ0n) is 52.2. The van der Waals surface area contributed by atoms with E-state index in [0.717, 1.165) is 45.5 Å². The highest BCUT2D eigenvalue weighted by molar-refractivity contribution is 6.34. The lowest BCUT2D eigenvalue weighted by Gasteiger charge is -2.31. The number of hydrogen-bond acceptors (Lipinski definition) is 2. The Morgan fingerprint density at radius 1 is 0.189 bits per heavy atom. The third kappa shape index (κ3) is 8.41. The van der Waals surface area contributed by atoms with Crippen LogP contribution in [0.3, 0.4) is 0 Å². The van der Waals surface area contributed by atoms with Crippen molar-refractivity contribution in [2.24, 2.45) is 0 Å². The highest BCUT2D eigenvalue weighted by Crippen LogP contribution is 2.56. The molecule has 444 valence electrons. The topological polar surface area (TPSA) is 16.3 Å². The first-order chi connectivity index (χ1) is 47.1. The van der Waals surface area contributed by atoms with E-state index in [9.17, 15) is 0 Å². The van der Waals surface area contributed by atoms with Crippen molar-refractivity contribution in [1.82, 2.24) is 9.13 Å². The van der Waals surface area contributed by atoms with Gasteiger partial charge in [-0.05, 0) is 169 Å². The number of aryl methyl sites for hydroxylation is 1. The zero-order chi connectivity index (χ0) is 62.7. The molecule has 0 spiro atoms. The summed E-state index contributed by atoms with van der Waals surface area (Å²) < 4.78 is 4.80. The Labute approximate surface area is 549 Å². The quantitative estimate of drug-likeness (QED) is 0.127. The van der Waals surface area contributed by atoms with Crippen molar-refractivity contribution in [2.45, 2.75) is 6.92 Å². The highest BCUT2D eigenvalue weighted by Gasteiger charge is 2.29. The van der Waals surface area contributed by atoms with Crippen molar-refractivity contribution >= 4 is 142 Å². The summed E-state index contributed by atoms with van der Waals surface area (Å²) in [5.74, 6) is 0. The number of nitrogens with zero attached hydrogens (tertiary/aromatic N) is 4. The van der Waals surface area contributed by atoms with Gasteiger partial charge < -0.3 is 18.9 Å². The molecule has 95 heavy (non-hydrogen) atoms. The van der Waals surface area contributed by atoms with Crippen molar-refractivity contribution in [3.05, 3.63) is 351 Å². The van der Waals surface area contributed by atoms with E-state index < -0.39 is 0 Å². The Morgan fingerprint density at radius 2 is 0.463 bits per heavy atom. The van der Waals surface area contributed by atoms with Crippen LogP contribution in [0.25, 0.3) is 142 Å². The summed E-state index contributed by atoms with van der Waals surface area (Å²) in [4.78, 5) is 5.01. The molecule has 0 N–H and O–H groups in total. The fourth-order valence-electron chi connectivity index (χ4n) is 15.9. The molecule has 4 heteroatoms. The minimum absolute atomic E-state index is 1.09. The van der Waals surface area contributed by atoms with E-state index in [-0.39, 0.29) is 0 Å². The molecule has 0 saturated carbocycles. The molecule has 0 aliphatic rings. The molecular weight excluding hydrogens is 1150 g/mol. The average molecular weight is 1210 g/mol. The number of hydrogen-bond donors (Lipinski definition) is 0. The molecule has 0 aliphatic heterocycles. The largest absolute Gasteiger partial charge is 0.309 e. The van der Waals surface area contributed by atoms with Gasteiger partial charge in [-0.25, -0.2) is 0 Å². The fraction of sp³-hybridized carbons (Fsp3) is 0.0110. The summed E-state index contributed by atoms with van der Waals surface area (Å²) in [6.07, 6.45) is 0. The molecule has 0 amide bonds. The first-order valence-electron chi connectivity index (χ1n) is 32.8.